The number of rotatable bonds is 11. The highest BCUT2D eigenvalue weighted by atomic mass is 15.1. The number of nitrogens with zero attached hydrogens (tertiary/aromatic N) is 2. The zero-order valence-corrected chi connectivity index (χ0v) is 20.6. The smallest absolute Gasteiger partial charge is 0.193 e. The molecular formula is C29H35N7. The molecule has 0 heterocycles. The predicted octanol–water partition coefficient (Wildman–Crippen LogP) is 4.91. The minimum Gasteiger partial charge on any atom is -0.370 e. The molecule has 0 aliphatic rings. The molecule has 0 aliphatic carbocycles. The molecule has 0 amide bonds. The lowest BCUT2D eigenvalue weighted by Crippen LogP contribution is -2.24. The Morgan fingerprint density at radius 3 is 1.58 bits per heavy atom. The van der Waals surface area contributed by atoms with Gasteiger partial charge in [0.05, 0.1) is 0 Å². The van der Waals surface area contributed by atoms with Gasteiger partial charge in [-0.1, -0.05) is 60.7 Å². The van der Waals surface area contributed by atoms with Crippen LogP contribution in [0.15, 0.2) is 94.9 Å². The van der Waals surface area contributed by atoms with Crippen LogP contribution in [0.5, 0.6) is 0 Å². The van der Waals surface area contributed by atoms with Gasteiger partial charge in [0.2, 0.25) is 0 Å². The van der Waals surface area contributed by atoms with E-state index in [4.69, 9.17) is 11.5 Å². The van der Waals surface area contributed by atoms with Gasteiger partial charge in [0, 0.05) is 24.5 Å². The molecule has 0 aliphatic heterocycles. The summed E-state index contributed by atoms with van der Waals surface area (Å²) in [5.41, 5.74) is 14.0. The minimum atomic E-state index is 0.443. The first-order valence-corrected chi connectivity index (χ1v) is 12.5. The molecule has 0 spiro atoms. The van der Waals surface area contributed by atoms with E-state index in [1.54, 1.807) is 0 Å². The molecule has 7 nitrogen and oxygen atoms in total. The number of nitrogens with two attached hydrogens (primary N) is 2. The van der Waals surface area contributed by atoms with Gasteiger partial charge in [0.15, 0.2) is 11.9 Å². The monoisotopic (exact) mass is 481 g/mol. The van der Waals surface area contributed by atoms with Crippen LogP contribution in [0.2, 0.25) is 0 Å². The molecular weight excluding hydrogens is 446 g/mol. The van der Waals surface area contributed by atoms with Crippen LogP contribution in [0.25, 0.3) is 21.5 Å². The molecule has 0 saturated carbocycles. The van der Waals surface area contributed by atoms with E-state index in [2.05, 4.69) is 74.5 Å². The lowest BCUT2D eigenvalue weighted by atomic mass is 10.1. The molecule has 0 saturated heterocycles. The number of hydrogen-bond donors (Lipinski definition) is 5. The van der Waals surface area contributed by atoms with E-state index in [0.717, 1.165) is 43.7 Å². The van der Waals surface area contributed by atoms with Crippen LogP contribution in [0, 0.1) is 0 Å². The van der Waals surface area contributed by atoms with E-state index in [-0.39, 0.29) is 0 Å². The molecule has 7 heteroatoms. The summed E-state index contributed by atoms with van der Waals surface area (Å²) in [5.74, 6) is 0.893. The largest absolute Gasteiger partial charge is 0.370 e. The second-order valence-corrected chi connectivity index (χ2v) is 8.72. The fraction of sp³-hybridized carbons (Fsp3) is 0.241. The van der Waals surface area contributed by atoms with Gasteiger partial charge in [-0.2, -0.15) is 0 Å². The van der Waals surface area contributed by atoms with Crippen molar-refractivity contribution in [2.75, 3.05) is 36.8 Å². The third kappa shape index (κ3) is 7.71. The molecule has 0 unspecified atom stereocenters. The molecule has 0 radical (unpaired) electrons. The van der Waals surface area contributed by atoms with Crippen LogP contribution in [0.4, 0.5) is 11.4 Å². The summed E-state index contributed by atoms with van der Waals surface area (Å²) in [6, 6.07) is 28.9. The zero-order valence-electron chi connectivity index (χ0n) is 20.6. The van der Waals surface area contributed by atoms with Gasteiger partial charge in [-0.3, -0.25) is 9.98 Å². The van der Waals surface area contributed by atoms with E-state index in [1.807, 2.05) is 36.4 Å². The summed E-state index contributed by atoms with van der Waals surface area (Å²) in [7, 11) is 0. The lowest BCUT2D eigenvalue weighted by Gasteiger charge is -2.08. The average Bonchev–Trinajstić information content (AvgIpc) is 2.89. The molecule has 7 N–H and O–H groups in total. The third-order valence-electron chi connectivity index (χ3n) is 5.88. The molecule has 4 aromatic rings. The molecule has 186 valence electrons. The summed E-state index contributed by atoms with van der Waals surface area (Å²) < 4.78 is 0. The Morgan fingerprint density at radius 1 is 0.556 bits per heavy atom. The Balaban J connectivity index is 1.05. The maximum Gasteiger partial charge on any atom is 0.193 e. The minimum absolute atomic E-state index is 0.443. The van der Waals surface area contributed by atoms with Crippen molar-refractivity contribution >= 4 is 44.8 Å². The number of nitrogens with one attached hydrogen (secondary N) is 3. The molecule has 0 atom stereocenters. The Morgan fingerprint density at radius 2 is 1.03 bits per heavy atom. The van der Waals surface area contributed by atoms with Gasteiger partial charge in [0.25, 0.3) is 0 Å². The fourth-order valence-electron chi connectivity index (χ4n) is 4.00. The van der Waals surface area contributed by atoms with Crippen LogP contribution in [0.3, 0.4) is 0 Å². The second kappa shape index (κ2) is 13.1. The van der Waals surface area contributed by atoms with E-state index in [0.29, 0.717) is 25.0 Å². The van der Waals surface area contributed by atoms with Crippen molar-refractivity contribution in [2.24, 2.45) is 21.5 Å². The van der Waals surface area contributed by atoms with E-state index in [1.165, 1.54) is 21.5 Å². The maximum absolute atomic E-state index is 6.04. The molecule has 0 bridgehead atoms. The van der Waals surface area contributed by atoms with Crippen LogP contribution >= 0.6 is 0 Å². The number of benzene rings is 4. The van der Waals surface area contributed by atoms with Gasteiger partial charge in [-0.25, -0.2) is 0 Å². The maximum atomic E-state index is 6.04. The summed E-state index contributed by atoms with van der Waals surface area (Å²) in [6.07, 6.45) is 2.95. The average molecular weight is 482 g/mol. The topological polar surface area (TPSA) is 113 Å². The van der Waals surface area contributed by atoms with E-state index in [9.17, 15) is 0 Å². The summed E-state index contributed by atoms with van der Waals surface area (Å²) >= 11 is 0. The Kier molecular flexibility index (Phi) is 9.11. The van der Waals surface area contributed by atoms with Crippen LogP contribution in [-0.4, -0.2) is 38.1 Å². The normalized spacial score (nSPS) is 12.2. The van der Waals surface area contributed by atoms with E-state index >= 15 is 0 Å². The molecule has 4 rings (SSSR count). The van der Waals surface area contributed by atoms with Crippen LogP contribution < -0.4 is 27.4 Å². The highest BCUT2D eigenvalue weighted by Crippen LogP contribution is 2.19. The number of anilines is 2. The van der Waals surface area contributed by atoms with Crippen molar-refractivity contribution in [1.29, 1.82) is 0 Å². The lowest BCUT2D eigenvalue weighted by molar-refractivity contribution is 0.611. The van der Waals surface area contributed by atoms with Gasteiger partial charge >= 0.3 is 0 Å². The Bertz CT molecular complexity index is 1230. The number of unbranched alkanes of at least 4 members (excludes halogenated alkanes) is 1. The Labute approximate surface area is 212 Å². The summed E-state index contributed by atoms with van der Waals surface area (Å²) in [5, 5.41) is 14.6. The SMILES string of the molecule is NC(=NCCCCNCCCN=C(N)Nc1ccc2ccccc2c1)Nc1ccc2ccccc2c1. The number of guanidine groups is 2. The van der Waals surface area contributed by atoms with Crippen molar-refractivity contribution in [3.63, 3.8) is 0 Å². The van der Waals surface area contributed by atoms with Gasteiger partial charge < -0.3 is 27.4 Å². The predicted molar refractivity (Wildman–Crippen MR) is 155 cm³/mol. The number of fused-ring (bicyclic) bond motifs is 2. The van der Waals surface area contributed by atoms with Crippen molar-refractivity contribution < 1.29 is 0 Å². The highest BCUT2D eigenvalue weighted by molar-refractivity contribution is 5.96. The second-order valence-electron chi connectivity index (χ2n) is 8.72. The van der Waals surface area contributed by atoms with Crippen molar-refractivity contribution in [3.8, 4) is 0 Å². The van der Waals surface area contributed by atoms with Gasteiger partial charge in [-0.15, -0.1) is 0 Å². The third-order valence-corrected chi connectivity index (χ3v) is 5.88. The van der Waals surface area contributed by atoms with Gasteiger partial charge in [-0.05, 0) is 78.2 Å². The summed E-state index contributed by atoms with van der Waals surface area (Å²) in [6.45, 7) is 3.24. The van der Waals surface area contributed by atoms with Crippen molar-refractivity contribution in [1.82, 2.24) is 5.32 Å². The first kappa shape index (κ1) is 25.0. The first-order chi connectivity index (χ1) is 17.7. The Hall–Kier alpha value is -4.10. The molecule has 0 fully saturated rings. The fourth-order valence-corrected chi connectivity index (χ4v) is 4.00. The molecule has 0 aromatic heterocycles. The van der Waals surface area contributed by atoms with Crippen LogP contribution in [-0.2, 0) is 0 Å². The molecule has 4 aromatic carbocycles. The van der Waals surface area contributed by atoms with Crippen molar-refractivity contribution in [3.05, 3.63) is 84.9 Å². The quantitative estimate of drug-likeness (QED) is 0.119. The van der Waals surface area contributed by atoms with Gasteiger partial charge in [0.1, 0.15) is 0 Å². The number of hydrogen-bond acceptors (Lipinski definition) is 3. The van der Waals surface area contributed by atoms with Crippen molar-refractivity contribution in [2.45, 2.75) is 19.3 Å². The zero-order chi connectivity index (χ0) is 25.0. The highest BCUT2D eigenvalue weighted by Gasteiger charge is 1.99. The first-order valence-electron chi connectivity index (χ1n) is 12.5. The summed E-state index contributed by atoms with van der Waals surface area (Å²) in [4.78, 5) is 8.86. The standard InChI is InChI=1S/C29H35N7/c30-28(35-26-14-12-22-8-1-3-10-24(22)20-26)33-18-6-5-16-32-17-7-19-34-29(31)36-27-15-13-23-9-2-4-11-25(23)21-27/h1-4,8-15,20-21,32H,5-7,16-19H2,(H3,30,33,35)(H3,31,34,36). The number of aliphatic imine (C=N–C) groups is 2. The van der Waals surface area contributed by atoms with Crippen LogP contribution in [0.1, 0.15) is 19.3 Å². The molecule has 36 heavy (non-hydrogen) atoms. The van der Waals surface area contributed by atoms with E-state index < -0.39 is 0 Å².